The molecule has 2 aromatic carbocycles. The van der Waals surface area contributed by atoms with Gasteiger partial charge in [0.2, 0.25) is 0 Å². The summed E-state index contributed by atoms with van der Waals surface area (Å²) in [6.45, 7) is 5.74. The van der Waals surface area contributed by atoms with Gasteiger partial charge in [-0.15, -0.1) is 0 Å². The lowest BCUT2D eigenvalue weighted by Gasteiger charge is -2.37. The molecule has 0 radical (unpaired) electrons. The quantitative estimate of drug-likeness (QED) is 0.542. The van der Waals surface area contributed by atoms with Gasteiger partial charge in [-0.3, -0.25) is 14.6 Å². The molecular formula is C28H31NO4. The number of nitrogens with zero attached hydrogens (tertiary/aromatic N) is 1. The van der Waals surface area contributed by atoms with Gasteiger partial charge >= 0.3 is 5.97 Å². The number of hydrogen-bond acceptors (Lipinski definition) is 5. The molecule has 5 nitrogen and oxygen atoms in total. The number of allylic oxidation sites excluding steroid dienone is 2. The molecule has 0 N–H and O–H groups in total. The Morgan fingerprint density at radius 3 is 2.52 bits per heavy atom. The average molecular weight is 446 g/mol. The number of hydrogen-bond donors (Lipinski definition) is 0. The molecule has 0 spiro atoms. The van der Waals surface area contributed by atoms with E-state index in [1.165, 1.54) is 0 Å². The number of benzene rings is 2. The number of carbonyl (C=O) groups is 2. The molecule has 2 aliphatic rings. The first-order chi connectivity index (χ1) is 15.9. The van der Waals surface area contributed by atoms with Crippen LogP contribution in [0.1, 0.15) is 63.0 Å². The second-order valence-corrected chi connectivity index (χ2v) is 8.94. The van der Waals surface area contributed by atoms with Gasteiger partial charge < -0.3 is 9.47 Å². The Balaban J connectivity index is 1.79. The minimum Gasteiger partial charge on any atom is -0.497 e. The van der Waals surface area contributed by atoms with E-state index in [0.29, 0.717) is 29.9 Å². The highest BCUT2D eigenvalue weighted by Gasteiger charge is 2.45. The van der Waals surface area contributed by atoms with E-state index < -0.39 is 11.8 Å². The lowest BCUT2D eigenvalue weighted by molar-refractivity contribution is -0.151. The molecule has 2 aromatic rings. The lowest BCUT2D eigenvalue weighted by Crippen LogP contribution is -2.39. The third-order valence-electron chi connectivity index (χ3n) is 6.76. The van der Waals surface area contributed by atoms with Crippen LogP contribution in [0.2, 0.25) is 0 Å². The van der Waals surface area contributed by atoms with E-state index in [-0.39, 0.29) is 23.8 Å². The molecule has 172 valence electrons. The van der Waals surface area contributed by atoms with E-state index in [0.717, 1.165) is 23.2 Å². The van der Waals surface area contributed by atoms with Gasteiger partial charge in [0.25, 0.3) is 0 Å². The molecule has 0 bridgehead atoms. The third kappa shape index (κ3) is 4.63. The Labute approximate surface area is 195 Å². The minimum absolute atomic E-state index is 0.0514. The van der Waals surface area contributed by atoms with Crippen molar-refractivity contribution in [3.8, 4) is 5.75 Å². The standard InChI is InChI=1S/C28H31NO4/c1-5-17(2)33-28(31)25-18(3)29-23-15-21(19-10-7-6-8-11-19)16-24(30)27(23)26(25)20-12-9-13-22(14-20)32-4/h6-14,17,21,25-26H,5,15-16H2,1-4H3/t17-,21-,25?,26+/m1/s1. The van der Waals surface area contributed by atoms with E-state index >= 15 is 0 Å². The first-order valence-corrected chi connectivity index (χ1v) is 11.6. The van der Waals surface area contributed by atoms with Crippen molar-refractivity contribution in [1.82, 2.24) is 0 Å². The number of aliphatic imine (C=N–C) groups is 1. The largest absolute Gasteiger partial charge is 0.497 e. The van der Waals surface area contributed by atoms with E-state index in [1.54, 1.807) is 7.11 Å². The summed E-state index contributed by atoms with van der Waals surface area (Å²) in [5, 5.41) is 0. The van der Waals surface area contributed by atoms with Crippen LogP contribution in [0.5, 0.6) is 5.75 Å². The van der Waals surface area contributed by atoms with Crippen LogP contribution in [0, 0.1) is 5.92 Å². The molecule has 1 unspecified atom stereocenters. The summed E-state index contributed by atoms with van der Waals surface area (Å²) < 4.78 is 11.2. The highest BCUT2D eigenvalue weighted by Crippen LogP contribution is 2.47. The smallest absolute Gasteiger partial charge is 0.315 e. The van der Waals surface area contributed by atoms with Crippen LogP contribution in [-0.2, 0) is 14.3 Å². The summed E-state index contributed by atoms with van der Waals surface area (Å²) in [5.41, 5.74) is 4.14. The predicted octanol–water partition coefficient (Wildman–Crippen LogP) is 5.61. The lowest BCUT2D eigenvalue weighted by atomic mass is 9.69. The molecule has 4 rings (SSSR count). The molecule has 1 heterocycles. The van der Waals surface area contributed by atoms with Gasteiger partial charge in [0.15, 0.2) is 5.78 Å². The normalized spacial score (nSPS) is 23.5. The van der Waals surface area contributed by atoms with Crippen molar-refractivity contribution in [3.63, 3.8) is 0 Å². The second kappa shape index (κ2) is 9.74. The molecule has 0 fully saturated rings. The van der Waals surface area contributed by atoms with Crippen LogP contribution in [0.15, 0.2) is 70.9 Å². The fourth-order valence-electron chi connectivity index (χ4n) is 4.88. The van der Waals surface area contributed by atoms with Crippen LogP contribution >= 0.6 is 0 Å². The van der Waals surface area contributed by atoms with Gasteiger partial charge in [-0.1, -0.05) is 49.4 Å². The van der Waals surface area contributed by atoms with Gasteiger partial charge in [-0.25, -0.2) is 0 Å². The SMILES string of the molecule is CC[C@@H](C)OC(=O)C1C(C)=NC2=C(C(=O)C[C@H](c3ccccc3)C2)[C@H]1c1cccc(OC)c1. The zero-order valence-electron chi connectivity index (χ0n) is 19.7. The van der Waals surface area contributed by atoms with Gasteiger partial charge in [0.1, 0.15) is 11.7 Å². The first-order valence-electron chi connectivity index (χ1n) is 11.6. The third-order valence-corrected chi connectivity index (χ3v) is 6.76. The fourth-order valence-corrected chi connectivity index (χ4v) is 4.88. The average Bonchev–Trinajstić information content (AvgIpc) is 2.83. The molecule has 33 heavy (non-hydrogen) atoms. The van der Waals surface area contributed by atoms with Crippen molar-refractivity contribution in [3.05, 3.63) is 77.0 Å². The number of rotatable bonds is 6. The minimum atomic E-state index is -0.637. The van der Waals surface area contributed by atoms with Crippen LogP contribution in [0.3, 0.4) is 0 Å². The Bertz CT molecular complexity index is 1100. The Morgan fingerprint density at radius 1 is 1.09 bits per heavy atom. The van der Waals surface area contributed by atoms with E-state index in [4.69, 9.17) is 14.5 Å². The summed E-state index contributed by atoms with van der Waals surface area (Å²) in [4.78, 5) is 31.7. The van der Waals surface area contributed by atoms with E-state index in [2.05, 4.69) is 12.1 Å². The maximum absolute atomic E-state index is 13.6. The molecule has 1 aliphatic carbocycles. The van der Waals surface area contributed by atoms with Gasteiger partial charge in [0.05, 0.1) is 13.2 Å². The number of Topliss-reactive ketones (excluding diaryl/α,β-unsaturated/α-hetero) is 1. The van der Waals surface area contributed by atoms with Crippen molar-refractivity contribution >= 4 is 17.5 Å². The van der Waals surface area contributed by atoms with Crippen molar-refractivity contribution in [2.24, 2.45) is 10.9 Å². The maximum Gasteiger partial charge on any atom is 0.315 e. The number of methoxy groups -OCH3 is 1. The maximum atomic E-state index is 13.6. The van der Waals surface area contributed by atoms with Crippen molar-refractivity contribution < 1.29 is 19.1 Å². The predicted molar refractivity (Wildman–Crippen MR) is 129 cm³/mol. The molecular weight excluding hydrogens is 414 g/mol. The number of carbonyl (C=O) groups excluding carboxylic acids is 2. The molecule has 0 saturated heterocycles. The molecule has 0 saturated carbocycles. The monoisotopic (exact) mass is 445 g/mol. The van der Waals surface area contributed by atoms with Crippen LogP contribution < -0.4 is 4.74 Å². The summed E-state index contributed by atoms with van der Waals surface area (Å²) in [6.07, 6.45) is 1.61. The summed E-state index contributed by atoms with van der Waals surface area (Å²) in [6, 6.07) is 17.7. The molecule has 0 aromatic heterocycles. The van der Waals surface area contributed by atoms with Crippen molar-refractivity contribution in [2.75, 3.05) is 7.11 Å². The Kier molecular flexibility index (Phi) is 6.77. The number of ether oxygens (including phenoxy) is 2. The van der Waals surface area contributed by atoms with Crippen LogP contribution in [0.4, 0.5) is 0 Å². The highest BCUT2D eigenvalue weighted by molar-refractivity contribution is 6.09. The summed E-state index contributed by atoms with van der Waals surface area (Å²) in [5.74, 6) is -0.577. The van der Waals surface area contributed by atoms with E-state index in [9.17, 15) is 9.59 Å². The molecule has 5 heteroatoms. The number of esters is 1. The van der Waals surface area contributed by atoms with Gasteiger partial charge in [0, 0.05) is 29.3 Å². The molecule has 0 amide bonds. The topological polar surface area (TPSA) is 65.0 Å². The zero-order valence-corrected chi connectivity index (χ0v) is 19.7. The summed E-state index contributed by atoms with van der Waals surface area (Å²) in [7, 11) is 1.61. The van der Waals surface area contributed by atoms with Gasteiger partial charge in [-0.2, -0.15) is 0 Å². The first kappa shape index (κ1) is 23.0. The van der Waals surface area contributed by atoms with Crippen molar-refractivity contribution in [2.45, 2.75) is 58.0 Å². The fraction of sp³-hybridized carbons (Fsp3) is 0.393. The summed E-state index contributed by atoms with van der Waals surface area (Å²) >= 11 is 0. The Morgan fingerprint density at radius 2 is 1.82 bits per heavy atom. The van der Waals surface area contributed by atoms with Crippen LogP contribution in [-0.4, -0.2) is 30.7 Å². The van der Waals surface area contributed by atoms with Gasteiger partial charge in [-0.05, 0) is 55.9 Å². The Hall–Kier alpha value is -3.21. The zero-order chi connectivity index (χ0) is 23.5. The van der Waals surface area contributed by atoms with E-state index in [1.807, 2.05) is 63.2 Å². The highest BCUT2D eigenvalue weighted by atomic mass is 16.5. The number of ketones is 1. The van der Waals surface area contributed by atoms with Crippen molar-refractivity contribution in [1.29, 1.82) is 0 Å². The van der Waals surface area contributed by atoms with Crippen LogP contribution in [0.25, 0.3) is 0 Å². The molecule has 1 aliphatic heterocycles. The second-order valence-electron chi connectivity index (χ2n) is 8.94. The molecule has 4 atom stereocenters.